The molecular formula is C12H18OS. The van der Waals surface area contributed by atoms with Gasteiger partial charge in [-0.2, -0.15) is 11.3 Å². The monoisotopic (exact) mass is 210 g/mol. The molecular weight excluding hydrogens is 192 g/mol. The second-order valence-corrected chi connectivity index (χ2v) is 4.74. The van der Waals surface area contributed by atoms with E-state index in [0.29, 0.717) is 5.78 Å². The van der Waals surface area contributed by atoms with E-state index < -0.39 is 0 Å². The molecule has 0 aliphatic heterocycles. The van der Waals surface area contributed by atoms with Crippen molar-refractivity contribution in [2.24, 2.45) is 5.92 Å². The maximum Gasteiger partial charge on any atom is 0.135 e. The lowest BCUT2D eigenvalue weighted by atomic mass is 10.0. The number of hydrogen-bond acceptors (Lipinski definition) is 2. The first-order chi connectivity index (χ1) is 6.70. The number of ketones is 1. The third-order valence-electron chi connectivity index (χ3n) is 2.36. The summed E-state index contributed by atoms with van der Waals surface area (Å²) < 4.78 is 0. The zero-order valence-corrected chi connectivity index (χ0v) is 9.77. The van der Waals surface area contributed by atoms with Crippen LogP contribution in [0.5, 0.6) is 0 Å². The molecule has 14 heavy (non-hydrogen) atoms. The van der Waals surface area contributed by atoms with Crippen LogP contribution in [0.3, 0.4) is 0 Å². The summed E-state index contributed by atoms with van der Waals surface area (Å²) >= 11 is 1.74. The molecule has 0 bridgehead atoms. The van der Waals surface area contributed by atoms with E-state index in [1.54, 1.807) is 11.3 Å². The number of carbonyl (C=O) groups is 1. The largest absolute Gasteiger partial charge is 0.299 e. The number of rotatable bonds is 6. The fourth-order valence-corrected chi connectivity index (χ4v) is 2.06. The molecule has 0 N–H and O–H groups in total. The second kappa shape index (κ2) is 5.97. The lowest BCUT2D eigenvalue weighted by molar-refractivity contribution is -0.122. The van der Waals surface area contributed by atoms with Crippen molar-refractivity contribution in [3.05, 3.63) is 22.4 Å². The topological polar surface area (TPSA) is 17.1 Å². The molecule has 1 aromatic heterocycles. The predicted molar refractivity (Wildman–Crippen MR) is 61.7 cm³/mol. The zero-order valence-electron chi connectivity index (χ0n) is 8.95. The Morgan fingerprint density at radius 1 is 1.43 bits per heavy atom. The molecule has 0 spiro atoms. The van der Waals surface area contributed by atoms with Crippen molar-refractivity contribution in [1.82, 2.24) is 0 Å². The van der Waals surface area contributed by atoms with Gasteiger partial charge in [0.15, 0.2) is 0 Å². The van der Waals surface area contributed by atoms with Crippen LogP contribution in [0.15, 0.2) is 16.8 Å². The molecule has 0 aliphatic carbocycles. The normalized spacial score (nSPS) is 10.8. The van der Waals surface area contributed by atoms with Gasteiger partial charge in [0.1, 0.15) is 5.78 Å². The summed E-state index contributed by atoms with van der Waals surface area (Å²) in [5, 5.41) is 4.29. The van der Waals surface area contributed by atoms with Gasteiger partial charge in [0.25, 0.3) is 0 Å². The number of unbranched alkanes of at least 4 members (excludes halogenated alkanes) is 1. The zero-order chi connectivity index (χ0) is 10.4. The van der Waals surface area contributed by atoms with E-state index in [2.05, 4.69) is 16.8 Å². The van der Waals surface area contributed by atoms with Crippen LogP contribution >= 0.6 is 11.3 Å². The summed E-state index contributed by atoms with van der Waals surface area (Å²) in [7, 11) is 0. The molecule has 0 amide bonds. The Morgan fingerprint density at radius 2 is 2.21 bits per heavy atom. The summed E-state index contributed by atoms with van der Waals surface area (Å²) in [6.07, 6.45) is 4.04. The number of hydrogen-bond donors (Lipinski definition) is 0. The van der Waals surface area contributed by atoms with E-state index >= 15 is 0 Å². The van der Waals surface area contributed by atoms with Crippen molar-refractivity contribution in [2.75, 3.05) is 0 Å². The average Bonchev–Trinajstić information content (AvgIpc) is 2.64. The first-order valence-corrected chi connectivity index (χ1v) is 6.18. The van der Waals surface area contributed by atoms with E-state index in [1.807, 2.05) is 13.8 Å². The van der Waals surface area contributed by atoms with Crippen molar-refractivity contribution < 1.29 is 4.79 Å². The Kier molecular flexibility index (Phi) is 4.88. The van der Waals surface area contributed by atoms with E-state index in [1.165, 1.54) is 5.56 Å². The number of Topliss-reactive ketones (excluding diaryl/α,β-unsaturated/α-hetero) is 1. The highest BCUT2D eigenvalue weighted by atomic mass is 32.1. The third kappa shape index (κ3) is 4.05. The third-order valence-corrected chi connectivity index (χ3v) is 3.09. The molecule has 0 atom stereocenters. The minimum Gasteiger partial charge on any atom is -0.299 e. The highest BCUT2D eigenvalue weighted by Crippen LogP contribution is 2.11. The van der Waals surface area contributed by atoms with Gasteiger partial charge in [0.05, 0.1) is 0 Å². The molecule has 0 aromatic carbocycles. The summed E-state index contributed by atoms with van der Waals surface area (Å²) in [4.78, 5) is 11.3. The summed E-state index contributed by atoms with van der Waals surface area (Å²) in [5.41, 5.74) is 1.41. The minimum absolute atomic E-state index is 0.205. The molecule has 2 heteroatoms. The SMILES string of the molecule is CC(C)C(=O)CCCCc1ccsc1. The molecule has 0 saturated carbocycles. The van der Waals surface area contributed by atoms with Crippen molar-refractivity contribution in [3.63, 3.8) is 0 Å². The van der Waals surface area contributed by atoms with E-state index in [4.69, 9.17) is 0 Å². The minimum atomic E-state index is 0.205. The van der Waals surface area contributed by atoms with Crippen LogP contribution in [0.1, 0.15) is 38.7 Å². The van der Waals surface area contributed by atoms with Crippen molar-refractivity contribution in [3.8, 4) is 0 Å². The van der Waals surface area contributed by atoms with Crippen molar-refractivity contribution in [2.45, 2.75) is 39.5 Å². The predicted octanol–water partition coefficient (Wildman–Crippen LogP) is 3.69. The van der Waals surface area contributed by atoms with Crippen LogP contribution in [0, 0.1) is 5.92 Å². The Hall–Kier alpha value is -0.630. The van der Waals surface area contributed by atoms with Gasteiger partial charge in [0.2, 0.25) is 0 Å². The number of thiophene rings is 1. The Balaban J connectivity index is 2.08. The van der Waals surface area contributed by atoms with Gasteiger partial charge < -0.3 is 0 Å². The van der Waals surface area contributed by atoms with Crippen molar-refractivity contribution in [1.29, 1.82) is 0 Å². The molecule has 1 heterocycles. The van der Waals surface area contributed by atoms with E-state index in [-0.39, 0.29) is 5.92 Å². The fourth-order valence-electron chi connectivity index (χ4n) is 1.35. The maximum absolute atomic E-state index is 11.3. The van der Waals surface area contributed by atoms with Gasteiger partial charge in [-0.25, -0.2) is 0 Å². The van der Waals surface area contributed by atoms with E-state index in [9.17, 15) is 4.79 Å². The second-order valence-electron chi connectivity index (χ2n) is 3.96. The van der Waals surface area contributed by atoms with E-state index in [0.717, 1.165) is 25.7 Å². The van der Waals surface area contributed by atoms with Gasteiger partial charge in [-0.05, 0) is 41.7 Å². The maximum atomic E-state index is 11.3. The van der Waals surface area contributed by atoms with Crippen LogP contribution in [0.4, 0.5) is 0 Å². The summed E-state index contributed by atoms with van der Waals surface area (Å²) in [6.45, 7) is 3.95. The molecule has 0 fully saturated rings. The van der Waals surface area contributed by atoms with Gasteiger partial charge in [-0.3, -0.25) is 4.79 Å². The van der Waals surface area contributed by atoms with Crippen LogP contribution in [-0.4, -0.2) is 5.78 Å². The van der Waals surface area contributed by atoms with Gasteiger partial charge in [-0.15, -0.1) is 0 Å². The van der Waals surface area contributed by atoms with Gasteiger partial charge in [-0.1, -0.05) is 13.8 Å². The Labute approximate surface area is 90.2 Å². The molecule has 1 aromatic rings. The standard InChI is InChI=1S/C12H18OS/c1-10(2)12(13)6-4-3-5-11-7-8-14-9-11/h7-10H,3-6H2,1-2H3. The quantitative estimate of drug-likeness (QED) is 0.654. The van der Waals surface area contributed by atoms with Gasteiger partial charge >= 0.3 is 0 Å². The molecule has 1 rings (SSSR count). The fraction of sp³-hybridized carbons (Fsp3) is 0.583. The first-order valence-electron chi connectivity index (χ1n) is 5.24. The lowest BCUT2D eigenvalue weighted by Gasteiger charge is -2.02. The smallest absolute Gasteiger partial charge is 0.135 e. The Bertz CT molecular complexity index is 262. The lowest BCUT2D eigenvalue weighted by Crippen LogP contribution is -2.06. The van der Waals surface area contributed by atoms with Crippen molar-refractivity contribution >= 4 is 17.1 Å². The molecule has 0 aliphatic rings. The highest BCUT2D eigenvalue weighted by Gasteiger charge is 2.05. The first kappa shape index (κ1) is 11.4. The summed E-state index contributed by atoms with van der Waals surface area (Å²) in [5.74, 6) is 0.603. The van der Waals surface area contributed by atoms with Crippen LogP contribution in [0.2, 0.25) is 0 Å². The molecule has 0 saturated heterocycles. The van der Waals surface area contributed by atoms with Gasteiger partial charge in [0, 0.05) is 12.3 Å². The van der Waals surface area contributed by atoms with Crippen LogP contribution in [0.25, 0.3) is 0 Å². The Morgan fingerprint density at radius 3 is 2.79 bits per heavy atom. The molecule has 78 valence electrons. The summed E-state index contributed by atoms with van der Waals surface area (Å²) in [6, 6.07) is 2.16. The highest BCUT2D eigenvalue weighted by molar-refractivity contribution is 7.07. The number of carbonyl (C=O) groups excluding carboxylic acids is 1. The molecule has 0 radical (unpaired) electrons. The molecule has 1 nitrogen and oxygen atoms in total. The number of aryl methyl sites for hydroxylation is 1. The van der Waals surface area contributed by atoms with Crippen LogP contribution < -0.4 is 0 Å². The molecule has 0 unspecified atom stereocenters. The average molecular weight is 210 g/mol. The van der Waals surface area contributed by atoms with Crippen LogP contribution in [-0.2, 0) is 11.2 Å².